The summed E-state index contributed by atoms with van der Waals surface area (Å²) < 4.78 is 30.7. The van der Waals surface area contributed by atoms with Crippen molar-refractivity contribution in [2.24, 2.45) is 0 Å². The molecule has 3 aromatic rings. The molecule has 1 amide bonds. The molecule has 0 saturated carbocycles. The first-order valence-electron chi connectivity index (χ1n) is 10.8. The monoisotopic (exact) mass is 455 g/mol. The first-order valence-corrected chi connectivity index (χ1v) is 10.8. The quantitative estimate of drug-likeness (QED) is 0.564. The molecule has 8 nitrogen and oxygen atoms in total. The number of aliphatic hydroxyl groups is 1. The number of carbonyl (C=O) groups is 1. The van der Waals surface area contributed by atoms with Crippen LogP contribution < -0.4 is 10.1 Å². The molecular weight excluding hydrogens is 429 g/mol. The summed E-state index contributed by atoms with van der Waals surface area (Å²) in [5.41, 5.74) is 2.03. The number of hydrogen-bond acceptors (Lipinski definition) is 7. The number of carbonyl (C=O) groups excluding carboxylic acids is 1. The van der Waals surface area contributed by atoms with Gasteiger partial charge in [0.25, 0.3) is 0 Å². The predicted octanol–water partition coefficient (Wildman–Crippen LogP) is 3.15. The lowest BCUT2D eigenvalue weighted by atomic mass is 9.96. The number of fused-ring (bicyclic) bond motifs is 1. The number of aromatic nitrogens is 2. The molecule has 2 N–H and O–H groups in total. The summed E-state index contributed by atoms with van der Waals surface area (Å²) in [4.78, 5) is 20.4. The average molecular weight is 455 g/mol. The second kappa shape index (κ2) is 10.5. The number of alkyl carbamates (subject to hydrolysis) is 1. The van der Waals surface area contributed by atoms with Crippen LogP contribution in [0.1, 0.15) is 24.0 Å². The summed E-state index contributed by atoms with van der Waals surface area (Å²) >= 11 is 0. The van der Waals surface area contributed by atoms with Crippen molar-refractivity contribution in [1.29, 1.82) is 0 Å². The Bertz CT molecular complexity index is 1090. The fraction of sp³-hybridized carbons (Fsp3) is 0.375. The summed E-state index contributed by atoms with van der Waals surface area (Å²) in [5.74, 6) is -0.202. The Morgan fingerprint density at radius 1 is 1.27 bits per heavy atom. The van der Waals surface area contributed by atoms with Crippen LogP contribution in [0.3, 0.4) is 0 Å². The second-order valence-electron chi connectivity index (χ2n) is 7.93. The van der Waals surface area contributed by atoms with Gasteiger partial charge in [-0.05, 0) is 24.5 Å². The number of pyridine rings is 2. The van der Waals surface area contributed by atoms with Crippen molar-refractivity contribution in [2.75, 3.05) is 13.7 Å². The Balaban J connectivity index is 1.30. The number of methoxy groups -OCH3 is 1. The molecule has 0 spiro atoms. The van der Waals surface area contributed by atoms with Crippen molar-refractivity contribution < 1.29 is 28.5 Å². The maximum absolute atomic E-state index is 14.5. The number of halogens is 1. The van der Waals surface area contributed by atoms with E-state index in [1.54, 1.807) is 12.1 Å². The van der Waals surface area contributed by atoms with Crippen molar-refractivity contribution in [1.82, 2.24) is 15.3 Å². The molecule has 33 heavy (non-hydrogen) atoms. The van der Waals surface area contributed by atoms with E-state index in [-0.39, 0.29) is 31.2 Å². The van der Waals surface area contributed by atoms with Crippen LogP contribution in [0, 0.1) is 5.82 Å². The van der Waals surface area contributed by atoms with Crippen molar-refractivity contribution in [3.63, 3.8) is 0 Å². The van der Waals surface area contributed by atoms with Gasteiger partial charge in [0.2, 0.25) is 5.88 Å². The number of ether oxygens (including phenoxy) is 3. The molecule has 9 heteroatoms. The van der Waals surface area contributed by atoms with E-state index >= 15 is 0 Å². The Labute approximate surface area is 190 Å². The van der Waals surface area contributed by atoms with Crippen LogP contribution in [0.25, 0.3) is 11.0 Å². The lowest BCUT2D eigenvalue weighted by molar-refractivity contribution is -0.0712. The zero-order valence-corrected chi connectivity index (χ0v) is 18.2. The summed E-state index contributed by atoms with van der Waals surface area (Å²) in [6.07, 6.45) is 0.311. The molecule has 3 heterocycles. The van der Waals surface area contributed by atoms with Gasteiger partial charge < -0.3 is 24.6 Å². The summed E-state index contributed by atoms with van der Waals surface area (Å²) in [6, 6.07) is 12.5. The first-order chi connectivity index (χ1) is 16.0. The van der Waals surface area contributed by atoms with Gasteiger partial charge in [-0.1, -0.05) is 30.3 Å². The SMILES string of the molecule is COc1ccc2ncc(F)c(C[C@H](O)[C@@H]3CC[C@@H](NC(=O)OCc4ccccc4)CO3)c2n1. The van der Waals surface area contributed by atoms with Crippen LogP contribution in [-0.2, 0) is 22.5 Å². The van der Waals surface area contributed by atoms with E-state index in [4.69, 9.17) is 14.2 Å². The van der Waals surface area contributed by atoms with E-state index < -0.39 is 24.1 Å². The van der Waals surface area contributed by atoms with Crippen LogP contribution in [0.15, 0.2) is 48.7 Å². The maximum atomic E-state index is 14.5. The number of benzene rings is 1. The van der Waals surface area contributed by atoms with Crippen molar-refractivity contribution in [3.8, 4) is 5.88 Å². The molecule has 0 unspecified atom stereocenters. The molecule has 0 aliphatic carbocycles. The third kappa shape index (κ3) is 5.74. The molecule has 1 fully saturated rings. The highest BCUT2D eigenvalue weighted by molar-refractivity contribution is 5.78. The molecule has 1 aliphatic rings. The second-order valence-corrected chi connectivity index (χ2v) is 7.93. The highest BCUT2D eigenvalue weighted by Crippen LogP contribution is 2.25. The van der Waals surface area contributed by atoms with Crippen LogP contribution in [0.4, 0.5) is 9.18 Å². The molecule has 2 aromatic heterocycles. The third-order valence-electron chi connectivity index (χ3n) is 5.64. The standard InChI is InChI=1S/C24H26FN3O5/c1-31-22-10-8-19-23(28-22)17(18(25)12-26-19)11-20(29)21-9-7-16(14-32-21)27-24(30)33-13-15-5-3-2-4-6-15/h2-6,8,10,12,16,20-21,29H,7,9,11,13-14H2,1H3,(H,27,30)/t16-,20+,21+/m1/s1. The van der Waals surface area contributed by atoms with Gasteiger partial charge in [-0.2, -0.15) is 0 Å². The number of nitrogens with one attached hydrogen (secondary N) is 1. The van der Waals surface area contributed by atoms with Gasteiger partial charge in [-0.15, -0.1) is 0 Å². The van der Waals surface area contributed by atoms with Crippen LogP contribution >= 0.6 is 0 Å². The van der Waals surface area contributed by atoms with Crippen molar-refractivity contribution in [3.05, 3.63) is 65.6 Å². The van der Waals surface area contributed by atoms with E-state index in [0.717, 1.165) is 11.8 Å². The zero-order valence-electron chi connectivity index (χ0n) is 18.2. The average Bonchev–Trinajstić information content (AvgIpc) is 2.85. The number of hydrogen-bond donors (Lipinski definition) is 2. The Morgan fingerprint density at radius 2 is 2.09 bits per heavy atom. The van der Waals surface area contributed by atoms with E-state index in [1.165, 1.54) is 7.11 Å². The van der Waals surface area contributed by atoms with E-state index in [1.807, 2.05) is 30.3 Å². The molecule has 3 atom stereocenters. The molecule has 1 aromatic carbocycles. The molecule has 1 saturated heterocycles. The summed E-state index contributed by atoms with van der Waals surface area (Å²) in [5, 5.41) is 13.5. The van der Waals surface area contributed by atoms with Gasteiger partial charge in [0.15, 0.2) is 0 Å². The summed E-state index contributed by atoms with van der Waals surface area (Å²) in [6.45, 7) is 0.416. The summed E-state index contributed by atoms with van der Waals surface area (Å²) in [7, 11) is 1.48. The minimum Gasteiger partial charge on any atom is -0.481 e. The zero-order chi connectivity index (χ0) is 23.2. The number of rotatable bonds is 7. The number of nitrogens with zero attached hydrogens (tertiary/aromatic N) is 2. The lowest BCUT2D eigenvalue weighted by Crippen LogP contribution is -2.46. The fourth-order valence-electron chi connectivity index (χ4n) is 3.85. The lowest BCUT2D eigenvalue weighted by Gasteiger charge is -2.32. The smallest absolute Gasteiger partial charge is 0.407 e. The van der Waals surface area contributed by atoms with Gasteiger partial charge in [0.05, 0.1) is 49.2 Å². The normalized spacial score (nSPS) is 19.1. The molecular formula is C24H26FN3O5. The highest BCUT2D eigenvalue weighted by atomic mass is 19.1. The molecule has 0 radical (unpaired) electrons. The minimum atomic E-state index is -0.941. The van der Waals surface area contributed by atoms with Gasteiger partial charge in [0, 0.05) is 18.1 Å². The Hall–Kier alpha value is -3.30. The van der Waals surface area contributed by atoms with Crippen molar-refractivity contribution >= 4 is 17.1 Å². The number of aliphatic hydroxyl groups excluding tert-OH is 1. The van der Waals surface area contributed by atoms with Crippen LogP contribution in [0.2, 0.25) is 0 Å². The molecule has 174 valence electrons. The fourth-order valence-corrected chi connectivity index (χ4v) is 3.85. The topological polar surface area (TPSA) is 103 Å². The highest BCUT2D eigenvalue weighted by Gasteiger charge is 2.29. The Kier molecular flexibility index (Phi) is 7.31. The van der Waals surface area contributed by atoms with Gasteiger partial charge >= 0.3 is 6.09 Å². The first kappa shape index (κ1) is 22.9. The molecule has 0 bridgehead atoms. The van der Waals surface area contributed by atoms with Gasteiger partial charge in [-0.25, -0.2) is 14.2 Å². The van der Waals surface area contributed by atoms with Crippen LogP contribution in [-0.4, -0.2) is 53.1 Å². The minimum absolute atomic E-state index is 0.0207. The predicted molar refractivity (Wildman–Crippen MR) is 118 cm³/mol. The Morgan fingerprint density at radius 3 is 2.82 bits per heavy atom. The van der Waals surface area contributed by atoms with Crippen molar-refractivity contribution in [2.45, 2.75) is 44.1 Å². The third-order valence-corrected chi connectivity index (χ3v) is 5.64. The van der Waals surface area contributed by atoms with Crippen LogP contribution in [0.5, 0.6) is 5.88 Å². The van der Waals surface area contributed by atoms with Gasteiger partial charge in [0.1, 0.15) is 12.4 Å². The largest absolute Gasteiger partial charge is 0.481 e. The molecule has 4 rings (SSSR count). The van der Waals surface area contributed by atoms with E-state index in [2.05, 4.69) is 15.3 Å². The van der Waals surface area contributed by atoms with E-state index in [9.17, 15) is 14.3 Å². The molecule has 1 aliphatic heterocycles. The van der Waals surface area contributed by atoms with Gasteiger partial charge in [-0.3, -0.25) is 4.98 Å². The number of amides is 1. The maximum Gasteiger partial charge on any atom is 0.407 e. The van der Waals surface area contributed by atoms with E-state index in [0.29, 0.717) is 29.8 Å².